The highest BCUT2D eigenvalue weighted by molar-refractivity contribution is 5.01. The van der Waals surface area contributed by atoms with Crippen LogP contribution in [0, 0.1) is 0 Å². The fourth-order valence-corrected chi connectivity index (χ4v) is 4.14. The topological polar surface area (TPSA) is 269 Å². The molecular weight excluding hydrogens is 472 g/mol. The Hall–Kier alpha value is -0.640. The number of hydrogen-bond acceptors (Lipinski definition) is 16. The Morgan fingerprint density at radius 2 is 1.09 bits per heavy atom. The van der Waals surface area contributed by atoms with Gasteiger partial charge in [-0.15, -0.1) is 0 Å². The van der Waals surface area contributed by atoms with Crippen LogP contribution in [0.5, 0.6) is 0 Å². The van der Waals surface area contributed by atoms with Crippen LogP contribution in [0.3, 0.4) is 0 Å². The molecule has 3 fully saturated rings. The van der Waals surface area contributed by atoms with Crippen molar-refractivity contribution in [1.29, 1.82) is 0 Å². The van der Waals surface area contributed by atoms with Crippen molar-refractivity contribution >= 4 is 0 Å². The van der Waals surface area contributed by atoms with Gasteiger partial charge in [-0.1, -0.05) is 0 Å². The summed E-state index contributed by atoms with van der Waals surface area (Å²) in [5.41, 5.74) is 0. The summed E-state index contributed by atoms with van der Waals surface area (Å²) in [5.74, 6) is -4.84. The predicted octanol–water partition coefficient (Wildman–Crippen LogP) is -7.57. The van der Waals surface area contributed by atoms with E-state index in [0.29, 0.717) is 0 Å². The fraction of sp³-hybridized carbons (Fsp3) is 1.00. The van der Waals surface area contributed by atoms with Gasteiger partial charge in [0.25, 0.3) is 0 Å². The van der Waals surface area contributed by atoms with Crippen molar-refractivity contribution in [2.24, 2.45) is 0 Å². The van der Waals surface area contributed by atoms with Gasteiger partial charge in [0, 0.05) is 0 Å². The van der Waals surface area contributed by atoms with Crippen molar-refractivity contribution in [3.05, 3.63) is 0 Å². The molecule has 16 heteroatoms. The summed E-state index contributed by atoms with van der Waals surface area (Å²) in [4.78, 5) is 0. The quantitative estimate of drug-likeness (QED) is 0.139. The van der Waals surface area contributed by atoms with Gasteiger partial charge in [0.1, 0.15) is 74.3 Å². The third kappa shape index (κ3) is 4.71. The smallest absolute Gasteiger partial charge is 0.224 e. The SMILES string of the molecule is OC[C@@H]1O[C@@](CO)(OC[C@@]2(O[C@H]3O[C@H](CO)[C@H](O)[C@H](O)[C@H]3O)O[C@@H](CO)[C@@H](O)[C@@H]2O)[C@@H](O)[C@@H]1O. The average molecular weight is 504 g/mol. The molecule has 3 saturated heterocycles. The molecule has 0 saturated carbocycles. The molecule has 0 amide bonds. The molecule has 0 aromatic carbocycles. The molecule has 0 radical (unpaired) electrons. The molecule has 0 aromatic rings. The molecule has 0 aromatic heterocycles. The Morgan fingerprint density at radius 3 is 1.56 bits per heavy atom. The minimum absolute atomic E-state index is 0.750. The maximum Gasteiger partial charge on any atom is 0.224 e. The van der Waals surface area contributed by atoms with Crippen molar-refractivity contribution in [2.45, 2.75) is 78.9 Å². The number of ether oxygens (including phenoxy) is 5. The summed E-state index contributed by atoms with van der Waals surface area (Å²) >= 11 is 0. The van der Waals surface area contributed by atoms with Gasteiger partial charge in [-0.05, 0) is 0 Å². The fourth-order valence-electron chi connectivity index (χ4n) is 4.14. The third-order valence-electron chi connectivity index (χ3n) is 6.27. The maximum atomic E-state index is 10.7. The maximum absolute atomic E-state index is 10.7. The van der Waals surface area contributed by atoms with Crippen LogP contribution in [0.2, 0.25) is 0 Å². The van der Waals surface area contributed by atoms with Gasteiger partial charge < -0.3 is 79.9 Å². The molecule has 0 bridgehead atoms. The van der Waals surface area contributed by atoms with Crippen molar-refractivity contribution < 1.29 is 79.9 Å². The molecule has 16 nitrogen and oxygen atoms in total. The van der Waals surface area contributed by atoms with Crippen LogP contribution in [0.15, 0.2) is 0 Å². The molecule has 3 rings (SSSR count). The van der Waals surface area contributed by atoms with Gasteiger partial charge in [-0.3, -0.25) is 0 Å². The number of aliphatic hydroxyl groups is 11. The lowest BCUT2D eigenvalue weighted by Crippen LogP contribution is -2.63. The zero-order valence-corrected chi connectivity index (χ0v) is 17.8. The predicted molar refractivity (Wildman–Crippen MR) is 101 cm³/mol. The second-order valence-corrected chi connectivity index (χ2v) is 8.43. The van der Waals surface area contributed by atoms with Crippen LogP contribution in [-0.4, -0.2) is 168 Å². The minimum atomic E-state index is -2.49. The van der Waals surface area contributed by atoms with Gasteiger partial charge in [-0.2, -0.15) is 0 Å². The normalized spacial score (nSPS) is 51.8. The van der Waals surface area contributed by atoms with Crippen molar-refractivity contribution in [3.8, 4) is 0 Å². The molecule has 11 N–H and O–H groups in total. The van der Waals surface area contributed by atoms with Crippen LogP contribution in [0.25, 0.3) is 0 Å². The first kappa shape index (κ1) is 27.9. The lowest BCUT2D eigenvalue weighted by Gasteiger charge is -2.44. The first-order valence-corrected chi connectivity index (χ1v) is 10.5. The van der Waals surface area contributed by atoms with Gasteiger partial charge in [0.05, 0.1) is 19.8 Å². The molecule has 34 heavy (non-hydrogen) atoms. The van der Waals surface area contributed by atoms with Crippen LogP contribution >= 0.6 is 0 Å². The van der Waals surface area contributed by atoms with Crippen LogP contribution in [-0.2, 0) is 23.7 Å². The van der Waals surface area contributed by atoms with E-state index in [9.17, 15) is 56.2 Å². The van der Waals surface area contributed by atoms with Crippen LogP contribution in [0.1, 0.15) is 0 Å². The zero-order valence-electron chi connectivity index (χ0n) is 17.8. The van der Waals surface area contributed by atoms with E-state index in [1.54, 1.807) is 0 Å². The Kier molecular flexibility index (Phi) is 8.85. The molecule has 200 valence electrons. The largest absolute Gasteiger partial charge is 0.394 e. The van der Waals surface area contributed by atoms with Gasteiger partial charge in [0.2, 0.25) is 11.6 Å². The summed E-state index contributed by atoms with van der Waals surface area (Å²) in [7, 11) is 0. The molecular formula is C18H32O16. The monoisotopic (exact) mass is 504 g/mol. The standard InChI is InChI=1S/C18H32O16/c19-1-6-9(23)12(26)13(27)16(31-6)34-18(15(29)11(25)8(3-21)33-18)5-30-17(4-22)14(28)10(24)7(2-20)32-17/h6-16,19-29H,1-5H2/t6-,7+,8+,9+,10-,11-,12+,13-,14+,15+,16-,17-,18+/m1/s1. The number of hydrogen-bond donors (Lipinski definition) is 11. The highest BCUT2D eigenvalue weighted by Gasteiger charge is 2.62. The summed E-state index contributed by atoms with van der Waals surface area (Å²) in [5, 5.41) is 109. The molecule has 0 spiro atoms. The summed E-state index contributed by atoms with van der Waals surface area (Å²) < 4.78 is 26.9. The van der Waals surface area contributed by atoms with E-state index in [4.69, 9.17) is 23.7 Å². The molecule has 3 aliphatic rings. The third-order valence-corrected chi connectivity index (χ3v) is 6.27. The van der Waals surface area contributed by atoms with Crippen molar-refractivity contribution in [1.82, 2.24) is 0 Å². The van der Waals surface area contributed by atoms with Crippen LogP contribution in [0.4, 0.5) is 0 Å². The minimum Gasteiger partial charge on any atom is -0.394 e. The molecule has 0 unspecified atom stereocenters. The van der Waals surface area contributed by atoms with E-state index >= 15 is 0 Å². The van der Waals surface area contributed by atoms with Gasteiger partial charge >= 0.3 is 0 Å². The highest BCUT2D eigenvalue weighted by atomic mass is 16.8. The van der Waals surface area contributed by atoms with E-state index in [2.05, 4.69) is 0 Å². The molecule has 3 aliphatic heterocycles. The van der Waals surface area contributed by atoms with Gasteiger partial charge in [-0.25, -0.2) is 0 Å². The second-order valence-electron chi connectivity index (χ2n) is 8.43. The first-order chi connectivity index (χ1) is 16.0. The van der Waals surface area contributed by atoms with Crippen molar-refractivity contribution in [3.63, 3.8) is 0 Å². The number of rotatable bonds is 9. The molecule has 13 atom stereocenters. The Bertz CT molecular complexity index is 668. The average Bonchev–Trinajstić information content (AvgIpc) is 3.23. The first-order valence-electron chi connectivity index (χ1n) is 10.5. The van der Waals surface area contributed by atoms with Crippen molar-refractivity contribution in [2.75, 3.05) is 33.0 Å². The summed E-state index contributed by atoms with van der Waals surface area (Å²) in [6.45, 7) is -4.40. The highest BCUT2D eigenvalue weighted by Crippen LogP contribution is 2.39. The Balaban J connectivity index is 1.87. The van der Waals surface area contributed by atoms with E-state index in [1.807, 2.05) is 0 Å². The molecule has 0 aliphatic carbocycles. The molecule has 3 heterocycles. The van der Waals surface area contributed by atoms with E-state index in [1.165, 1.54) is 0 Å². The summed E-state index contributed by atoms with van der Waals surface area (Å²) in [6.07, 6.45) is -19.0. The van der Waals surface area contributed by atoms with Crippen LogP contribution < -0.4 is 0 Å². The summed E-state index contributed by atoms with van der Waals surface area (Å²) in [6, 6.07) is 0. The zero-order chi connectivity index (χ0) is 25.4. The van der Waals surface area contributed by atoms with E-state index in [0.717, 1.165) is 0 Å². The van der Waals surface area contributed by atoms with Gasteiger partial charge in [0.15, 0.2) is 6.29 Å². The Labute approximate surface area is 192 Å². The van der Waals surface area contributed by atoms with E-state index < -0.39 is 112 Å². The lowest BCUT2D eigenvalue weighted by atomic mass is 9.99. The number of aliphatic hydroxyl groups excluding tert-OH is 11. The Morgan fingerprint density at radius 1 is 0.588 bits per heavy atom. The second kappa shape index (κ2) is 10.8. The van der Waals surface area contributed by atoms with E-state index in [-0.39, 0.29) is 0 Å². The lowest BCUT2D eigenvalue weighted by molar-refractivity contribution is -0.399.